The third kappa shape index (κ3) is 4.00. The van der Waals surface area contributed by atoms with Gasteiger partial charge >= 0.3 is 0 Å². The predicted molar refractivity (Wildman–Crippen MR) is 72.2 cm³/mol. The van der Waals surface area contributed by atoms with Crippen LogP contribution in [-0.2, 0) is 0 Å². The van der Waals surface area contributed by atoms with Gasteiger partial charge in [0, 0.05) is 13.1 Å². The maximum atomic E-state index is 13.1. The quantitative estimate of drug-likeness (QED) is 0.857. The highest BCUT2D eigenvalue weighted by molar-refractivity contribution is 5.18. The van der Waals surface area contributed by atoms with Crippen molar-refractivity contribution >= 4 is 0 Å². The van der Waals surface area contributed by atoms with Gasteiger partial charge < -0.3 is 15.1 Å². The van der Waals surface area contributed by atoms with Crippen LogP contribution in [0.2, 0.25) is 0 Å². The van der Waals surface area contributed by atoms with Crippen LogP contribution in [0, 0.1) is 11.7 Å². The second-order valence-electron chi connectivity index (χ2n) is 5.45. The highest BCUT2D eigenvalue weighted by atomic mass is 19.1. The second kappa shape index (κ2) is 6.46. The van der Waals surface area contributed by atoms with E-state index >= 15 is 0 Å². The Hall–Kier alpha value is -0.970. The highest BCUT2D eigenvalue weighted by Crippen LogP contribution is 2.22. The van der Waals surface area contributed by atoms with E-state index < -0.39 is 6.10 Å². The molecule has 3 unspecified atom stereocenters. The maximum absolute atomic E-state index is 13.1. The minimum Gasteiger partial charge on any atom is -0.393 e. The van der Waals surface area contributed by atoms with E-state index in [1.165, 1.54) is 12.1 Å². The predicted octanol–water partition coefficient (Wildman–Crippen LogP) is 1.95. The van der Waals surface area contributed by atoms with E-state index in [1.807, 2.05) is 6.92 Å². The molecule has 1 fully saturated rings. The molecule has 1 aliphatic rings. The van der Waals surface area contributed by atoms with Gasteiger partial charge in [-0.15, -0.1) is 0 Å². The van der Waals surface area contributed by atoms with Gasteiger partial charge in [-0.3, -0.25) is 0 Å². The molecule has 1 aromatic rings. The van der Waals surface area contributed by atoms with E-state index in [9.17, 15) is 14.6 Å². The van der Waals surface area contributed by atoms with E-state index in [-0.39, 0.29) is 11.9 Å². The van der Waals surface area contributed by atoms with Crippen LogP contribution in [0.15, 0.2) is 24.3 Å². The lowest BCUT2D eigenvalue weighted by Gasteiger charge is -2.19. The van der Waals surface area contributed by atoms with Gasteiger partial charge in [-0.2, -0.15) is 0 Å². The number of aliphatic hydroxyl groups is 2. The molecular weight excluding hydrogens is 245 g/mol. The van der Waals surface area contributed by atoms with Gasteiger partial charge in [-0.05, 0) is 49.9 Å². The van der Waals surface area contributed by atoms with Crippen LogP contribution in [0.4, 0.5) is 4.39 Å². The van der Waals surface area contributed by atoms with Crippen molar-refractivity contribution in [3.05, 3.63) is 35.6 Å². The third-order valence-electron chi connectivity index (χ3n) is 3.94. The largest absolute Gasteiger partial charge is 0.393 e. The van der Waals surface area contributed by atoms with Gasteiger partial charge in [-0.25, -0.2) is 4.39 Å². The Morgan fingerprint density at radius 3 is 2.84 bits per heavy atom. The van der Waals surface area contributed by atoms with Gasteiger partial charge in [0.15, 0.2) is 0 Å². The molecule has 0 radical (unpaired) electrons. The zero-order valence-electron chi connectivity index (χ0n) is 11.3. The van der Waals surface area contributed by atoms with E-state index in [2.05, 4.69) is 4.90 Å². The summed E-state index contributed by atoms with van der Waals surface area (Å²) in [5.74, 6) is 0.0261. The maximum Gasteiger partial charge on any atom is 0.123 e. The Labute approximate surface area is 113 Å². The Morgan fingerprint density at radius 1 is 1.42 bits per heavy atom. The molecule has 2 rings (SSSR count). The normalized spacial score (nSPS) is 23.5. The molecule has 106 valence electrons. The topological polar surface area (TPSA) is 43.7 Å². The monoisotopic (exact) mass is 267 g/mol. The van der Waals surface area contributed by atoms with Crippen molar-refractivity contribution in [1.29, 1.82) is 0 Å². The summed E-state index contributed by atoms with van der Waals surface area (Å²) in [5.41, 5.74) is 0.631. The standard InChI is InChI=1S/C15H22FNO2/c1-11(18)13-5-7-17(10-13)8-6-15(19)12-3-2-4-14(16)9-12/h2-4,9,11,13,15,18-19H,5-8,10H2,1H3. The van der Waals surface area contributed by atoms with Crippen LogP contribution >= 0.6 is 0 Å². The fourth-order valence-electron chi connectivity index (χ4n) is 2.64. The van der Waals surface area contributed by atoms with E-state index in [4.69, 9.17) is 0 Å². The van der Waals surface area contributed by atoms with Crippen LogP contribution in [0.25, 0.3) is 0 Å². The number of rotatable bonds is 5. The minimum atomic E-state index is -0.624. The molecule has 0 aromatic heterocycles. The summed E-state index contributed by atoms with van der Waals surface area (Å²) in [6, 6.07) is 6.13. The summed E-state index contributed by atoms with van der Waals surface area (Å²) in [7, 11) is 0. The lowest BCUT2D eigenvalue weighted by atomic mass is 10.0. The van der Waals surface area contributed by atoms with Crippen LogP contribution in [0.3, 0.4) is 0 Å². The summed E-state index contributed by atoms with van der Waals surface area (Å²) in [5, 5.41) is 19.6. The molecule has 3 atom stereocenters. The van der Waals surface area contributed by atoms with Crippen LogP contribution in [-0.4, -0.2) is 40.9 Å². The van der Waals surface area contributed by atoms with Gasteiger partial charge in [0.25, 0.3) is 0 Å². The molecule has 3 nitrogen and oxygen atoms in total. The first-order valence-corrected chi connectivity index (χ1v) is 6.90. The van der Waals surface area contributed by atoms with Crippen molar-refractivity contribution in [2.75, 3.05) is 19.6 Å². The van der Waals surface area contributed by atoms with Gasteiger partial charge in [0.1, 0.15) is 5.82 Å². The van der Waals surface area contributed by atoms with Crippen molar-refractivity contribution in [3.8, 4) is 0 Å². The molecule has 19 heavy (non-hydrogen) atoms. The van der Waals surface area contributed by atoms with Crippen molar-refractivity contribution in [2.24, 2.45) is 5.92 Å². The molecule has 0 bridgehead atoms. The van der Waals surface area contributed by atoms with Crippen LogP contribution < -0.4 is 0 Å². The molecular formula is C15H22FNO2. The summed E-state index contributed by atoms with van der Waals surface area (Å²) < 4.78 is 13.1. The van der Waals surface area contributed by atoms with Crippen molar-refractivity contribution in [2.45, 2.75) is 32.0 Å². The highest BCUT2D eigenvalue weighted by Gasteiger charge is 2.26. The second-order valence-corrected chi connectivity index (χ2v) is 5.45. The molecule has 2 N–H and O–H groups in total. The molecule has 4 heteroatoms. The number of aliphatic hydroxyl groups excluding tert-OH is 2. The Balaban J connectivity index is 1.80. The molecule has 1 aromatic carbocycles. The number of hydrogen-bond donors (Lipinski definition) is 2. The number of hydrogen-bond acceptors (Lipinski definition) is 3. The van der Waals surface area contributed by atoms with Crippen LogP contribution in [0.5, 0.6) is 0 Å². The van der Waals surface area contributed by atoms with Crippen molar-refractivity contribution < 1.29 is 14.6 Å². The van der Waals surface area contributed by atoms with E-state index in [0.717, 1.165) is 26.1 Å². The van der Waals surface area contributed by atoms with Crippen LogP contribution in [0.1, 0.15) is 31.4 Å². The lowest BCUT2D eigenvalue weighted by Crippen LogP contribution is -2.26. The van der Waals surface area contributed by atoms with Gasteiger partial charge in [0.05, 0.1) is 12.2 Å². The number of nitrogens with zero attached hydrogens (tertiary/aromatic N) is 1. The summed E-state index contributed by atoms with van der Waals surface area (Å²) in [6.45, 7) is 4.45. The smallest absolute Gasteiger partial charge is 0.123 e. The van der Waals surface area contributed by atoms with Gasteiger partial charge in [0.2, 0.25) is 0 Å². The first-order chi connectivity index (χ1) is 9.06. The molecule has 1 saturated heterocycles. The average molecular weight is 267 g/mol. The fraction of sp³-hybridized carbons (Fsp3) is 0.600. The SMILES string of the molecule is CC(O)C1CCN(CCC(O)c2cccc(F)c2)C1. The lowest BCUT2D eigenvalue weighted by molar-refractivity contribution is 0.121. The number of halogens is 1. The summed E-state index contributed by atoms with van der Waals surface area (Å²) >= 11 is 0. The Morgan fingerprint density at radius 2 is 2.21 bits per heavy atom. The van der Waals surface area contributed by atoms with Gasteiger partial charge in [-0.1, -0.05) is 12.1 Å². The Kier molecular flexibility index (Phi) is 4.91. The first kappa shape index (κ1) is 14.4. The van der Waals surface area contributed by atoms with E-state index in [1.54, 1.807) is 12.1 Å². The molecule has 0 spiro atoms. The summed E-state index contributed by atoms with van der Waals surface area (Å²) in [6.07, 6.45) is 0.711. The number of likely N-dealkylation sites (tertiary alicyclic amines) is 1. The Bertz CT molecular complexity index is 411. The summed E-state index contributed by atoms with van der Waals surface area (Å²) in [4.78, 5) is 2.25. The molecule has 1 aliphatic heterocycles. The first-order valence-electron chi connectivity index (χ1n) is 6.90. The van der Waals surface area contributed by atoms with Crippen molar-refractivity contribution in [3.63, 3.8) is 0 Å². The molecule has 0 amide bonds. The third-order valence-corrected chi connectivity index (χ3v) is 3.94. The molecule has 1 heterocycles. The fourth-order valence-corrected chi connectivity index (χ4v) is 2.64. The zero-order valence-corrected chi connectivity index (χ0v) is 11.3. The molecule has 0 aliphatic carbocycles. The van der Waals surface area contributed by atoms with E-state index in [0.29, 0.717) is 17.9 Å². The van der Waals surface area contributed by atoms with Crippen molar-refractivity contribution in [1.82, 2.24) is 4.90 Å². The molecule has 0 saturated carbocycles. The zero-order chi connectivity index (χ0) is 13.8. The number of benzene rings is 1. The minimum absolute atomic E-state index is 0.266. The average Bonchev–Trinajstić information content (AvgIpc) is 2.85.